The van der Waals surface area contributed by atoms with E-state index in [2.05, 4.69) is 25.8 Å². The molecule has 0 aliphatic heterocycles. The normalized spacial score (nSPS) is 12.7. The highest BCUT2D eigenvalue weighted by Crippen LogP contribution is 2.20. The van der Waals surface area contributed by atoms with E-state index in [0.717, 1.165) is 18.0 Å². The number of hydrogen-bond donors (Lipinski definition) is 2. The average molecular weight is 517 g/mol. The summed E-state index contributed by atoms with van der Waals surface area (Å²) in [6.07, 6.45) is -0.0615. The minimum Gasteiger partial charge on any atom is -0.497 e. The van der Waals surface area contributed by atoms with Gasteiger partial charge in [0.1, 0.15) is 24.1 Å². The van der Waals surface area contributed by atoms with Crippen LogP contribution in [0.15, 0.2) is 33.8 Å². The van der Waals surface area contributed by atoms with Crippen molar-refractivity contribution in [3.63, 3.8) is 0 Å². The molecule has 2 rings (SSSR count). The number of hydrogen-bond acceptors (Lipinski definition) is 6. The van der Waals surface area contributed by atoms with Gasteiger partial charge in [0.25, 0.3) is 0 Å². The van der Waals surface area contributed by atoms with Crippen molar-refractivity contribution in [2.75, 3.05) is 20.2 Å². The van der Waals surface area contributed by atoms with Gasteiger partial charge >= 0.3 is 0 Å². The second-order valence-corrected chi connectivity index (χ2v) is 7.45. The molecule has 2 aromatic rings. The van der Waals surface area contributed by atoms with Crippen LogP contribution in [0.1, 0.15) is 46.3 Å². The van der Waals surface area contributed by atoms with E-state index in [1.807, 2.05) is 58.9 Å². The molecule has 0 radical (unpaired) electrons. The van der Waals surface area contributed by atoms with Crippen LogP contribution in [0.5, 0.6) is 11.5 Å². The summed E-state index contributed by atoms with van der Waals surface area (Å²) in [5, 5.41) is 10.5. The quantitative estimate of drug-likeness (QED) is 0.315. The zero-order valence-electron chi connectivity index (χ0n) is 18.0. The first-order valence-electron chi connectivity index (χ1n) is 9.47. The van der Waals surface area contributed by atoms with Gasteiger partial charge in [-0.15, -0.1) is 24.0 Å². The summed E-state index contributed by atoms with van der Waals surface area (Å²) in [5.41, 5.74) is -0.176. The predicted octanol–water partition coefficient (Wildman–Crippen LogP) is 3.52. The number of ether oxygens (including phenoxy) is 2. The third kappa shape index (κ3) is 8.46. The van der Waals surface area contributed by atoms with Crippen LogP contribution in [0.4, 0.5) is 0 Å². The summed E-state index contributed by atoms with van der Waals surface area (Å²) in [6.45, 7) is 11.8. The molecule has 0 bridgehead atoms. The second-order valence-electron chi connectivity index (χ2n) is 7.45. The van der Waals surface area contributed by atoms with E-state index in [4.69, 9.17) is 14.0 Å². The number of nitrogens with one attached hydrogen (secondary N) is 2. The zero-order valence-corrected chi connectivity index (χ0v) is 20.3. The SMILES string of the molecule is CCNC(=NCc1noc(C(C)(C)C)n1)NCC(C)Oc1cccc(OC)c1.I. The van der Waals surface area contributed by atoms with Crippen LogP contribution in [-0.2, 0) is 12.0 Å². The van der Waals surface area contributed by atoms with E-state index in [0.29, 0.717) is 30.8 Å². The predicted molar refractivity (Wildman–Crippen MR) is 124 cm³/mol. The van der Waals surface area contributed by atoms with Crippen LogP contribution < -0.4 is 20.1 Å². The number of aromatic nitrogens is 2. The van der Waals surface area contributed by atoms with Gasteiger partial charge in [-0.05, 0) is 26.0 Å². The monoisotopic (exact) mass is 517 g/mol. The van der Waals surface area contributed by atoms with E-state index >= 15 is 0 Å². The third-order valence-corrected chi connectivity index (χ3v) is 3.77. The molecular formula is C20H32IN5O3. The number of nitrogens with zero attached hydrogens (tertiary/aromatic N) is 3. The molecule has 29 heavy (non-hydrogen) atoms. The summed E-state index contributed by atoms with van der Waals surface area (Å²) < 4.78 is 16.4. The molecule has 0 saturated carbocycles. The van der Waals surface area contributed by atoms with Gasteiger partial charge in [0.05, 0.1) is 13.7 Å². The lowest BCUT2D eigenvalue weighted by Crippen LogP contribution is -2.41. The molecule has 1 atom stereocenters. The van der Waals surface area contributed by atoms with E-state index < -0.39 is 0 Å². The first-order chi connectivity index (χ1) is 13.3. The smallest absolute Gasteiger partial charge is 0.232 e. The fraction of sp³-hybridized carbons (Fsp3) is 0.550. The number of benzene rings is 1. The van der Waals surface area contributed by atoms with Gasteiger partial charge in [-0.3, -0.25) is 0 Å². The maximum atomic E-state index is 5.92. The van der Waals surface area contributed by atoms with Crippen LogP contribution in [-0.4, -0.2) is 42.4 Å². The molecule has 162 valence electrons. The molecule has 1 unspecified atom stereocenters. The lowest BCUT2D eigenvalue weighted by atomic mass is 9.97. The first kappa shape index (κ1) is 25.0. The Morgan fingerprint density at radius 1 is 1.24 bits per heavy atom. The summed E-state index contributed by atoms with van der Waals surface area (Å²) in [5.74, 6) is 3.36. The Balaban J connectivity index is 0.00000420. The van der Waals surface area contributed by atoms with E-state index in [1.54, 1.807) is 7.11 Å². The van der Waals surface area contributed by atoms with Gasteiger partial charge in [0.2, 0.25) is 5.89 Å². The number of guanidine groups is 1. The van der Waals surface area contributed by atoms with Crippen LogP contribution >= 0.6 is 24.0 Å². The van der Waals surface area contributed by atoms with Crippen molar-refractivity contribution < 1.29 is 14.0 Å². The zero-order chi connectivity index (χ0) is 20.6. The molecule has 0 spiro atoms. The largest absolute Gasteiger partial charge is 0.497 e. The second kappa shape index (κ2) is 11.8. The summed E-state index contributed by atoms with van der Waals surface area (Å²) in [7, 11) is 1.64. The van der Waals surface area contributed by atoms with Crippen LogP contribution in [0.2, 0.25) is 0 Å². The van der Waals surface area contributed by atoms with Crippen molar-refractivity contribution in [3.8, 4) is 11.5 Å². The highest BCUT2D eigenvalue weighted by molar-refractivity contribution is 14.0. The van der Waals surface area contributed by atoms with Crippen molar-refractivity contribution in [2.24, 2.45) is 4.99 Å². The maximum Gasteiger partial charge on any atom is 0.232 e. The van der Waals surface area contributed by atoms with Crippen LogP contribution in [0.25, 0.3) is 0 Å². The molecule has 0 amide bonds. The molecule has 0 fully saturated rings. The van der Waals surface area contributed by atoms with Crippen molar-refractivity contribution >= 4 is 29.9 Å². The number of halogens is 1. The Hall–Kier alpha value is -2.04. The molecule has 1 aromatic carbocycles. The van der Waals surface area contributed by atoms with Gasteiger partial charge < -0.3 is 24.6 Å². The van der Waals surface area contributed by atoms with E-state index in [-0.39, 0.29) is 35.5 Å². The molecule has 1 aromatic heterocycles. The number of rotatable bonds is 8. The van der Waals surface area contributed by atoms with Crippen molar-refractivity contribution in [1.29, 1.82) is 0 Å². The highest BCUT2D eigenvalue weighted by atomic mass is 127. The van der Waals surface area contributed by atoms with Gasteiger partial charge in [0.15, 0.2) is 11.8 Å². The van der Waals surface area contributed by atoms with Gasteiger partial charge in [-0.2, -0.15) is 4.98 Å². The minimum atomic E-state index is -0.176. The molecule has 9 heteroatoms. The lowest BCUT2D eigenvalue weighted by Gasteiger charge is -2.18. The Bertz CT molecular complexity index is 773. The fourth-order valence-electron chi connectivity index (χ4n) is 2.30. The number of methoxy groups -OCH3 is 1. The molecule has 1 heterocycles. The van der Waals surface area contributed by atoms with Crippen LogP contribution in [0, 0.1) is 0 Å². The summed E-state index contributed by atoms with van der Waals surface area (Å²) >= 11 is 0. The molecule has 0 aliphatic carbocycles. The van der Waals surface area contributed by atoms with E-state index in [1.165, 1.54) is 0 Å². The molecule has 8 nitrogen and oxygen atoms in total. The molecule has 0 aliphatic rings. The lowest BCUT2D eigenvalue weighted by molar-refractivity contribution is 0.223. The number of aliphatic imine (C=N–C) groups is 1. The van der Waals surface area contributed by atoms with E-state index in [9.17, 15) is 0 Å². The van der Waals surface area contributed by atoms with Gasteiger partial charge in [-0.25, -0.2) is 4.99 Å². The fourth-order valence-corrected chi connectivity index (χ4v) is 2.30. The summed E-state index contributed by atoms with van der Waals surface area (Å²) in [4.78, 5) is 8.92. The third-order valence-electron chi connectivity index (χ3n) is 3.77. The Morgan fingerprint density at radius 3 is 2.59 bits per heavy atom. The van der Waals surface area contributed by atoms with Crippen LogP contribution in [0.3, 0.4) is 0 Å². The molecule has 0 saturated heterocycles. The summed E-state index contributed by atoms with van der Waals surface area (Å²) in [6, 6.07) is 7.55. The minimum absolute atomic E-state index is 0. The standard InChI is InChI=1S/C20H31N5O3.HI/c1-7-21-19(23-13-17-24-18(28-25-17)20(3,4)5)22-12-14(2)27-16-10-8-9-15(11-16)26-6;/h8-11,14H,7,12-13H2,1-6H3,(H2,21,22,23);1H. The Kier molecular flexibility index (Phi) is 10.2. The average Bonchev–Trinajstić information content (AvgIpc) is 3.13. The molecule has 2 N–H and O–H groups in total. The van der Waals surface area contributed by atoms with Crippen molar-refractivity contribution in [2.45, 2.75) is 52.7 Å². The van der Waals surface area contributed by atoms with Gasteiger partial charge in [-0.1, -0.05) is 32.0 Å². The molecular weight excluding hydrogens is 485 g/mol. The topological polar surface area (TPSA) is 93.8 Å². The maximum absolute atomic E-state index is 5.92. The van der Waals surface area contributed by atoms with Crippen molar-refractivity contribution in [1.82, 2.24) is 20.8 Å². The first-order valence-corrected chi connectivity index (χ1v) is 9.47. The Morgan fingerprint density at radius 2 is 1.97 bits per heavy atom. The van der Waals surface area contributed by atoms with Gasteiger partial charge in [0, 0.05) is 18.0 Å². The van der Waals surface area contributed by atoms with Crippen molar-refractivity contribution in [3.05, 3.63) is 36.0 Å². The highest BCUT2D eigenvalue weighted by Gasteiger charge is 2.21. The Labute approximate surface area is 189 Å².